The van der Waals surface area contributed by atoms with E-state index in [0.29, 0.717) is 19.2 Å². The molecule has 0 spiro atoms. The third kappa shape index (κ3) is 5.00. The molecule has 5 heteroatoms. The highest BCUT2D eigenvalue weighted by Crippen LogP contribution is 2.18. The molecule has 1 heterocycles. The fraction of sp³-hybridized carbons (Fsp3) is 0.588. The van der Waals surface area contributed by atoms with Crippen LogP contribution in [0.25, 0.3) is 0 Å². The summed E-state index contributed by atoms with van der Waals surface area (Å²) in [6, 6.07) is 10.4. The maximum absolute atomic E-state index is 11.8. The number of carbonyl (C=O) groups excluding carboxylic acids is 1. The number of carbonyl (C=O) groups is 1. The van der Waals surface area contributed by atoms with Gasteiger partial charge >= 0.3 is 0 Å². The molecule has 1 aliphatic carbocycles. The van der Waals surface area contributed by atoms with E-state index in [2.05, 4.69) is 15.1 Å². The van der Waals surface area contributed by atoms with Crippen molar-refractivity contribution in [3.8, 4) is 5.75 Å². The van der Waals surface area contributed by atoms with Gasteiger partial charge in [-0.1, -0.05) is 18.2 Å². The molecule has 1 amide bonds. The van der Waals surface area contributed by atoms with Gasteiger partial charge in [0.05, 0.1) is 6.54 Å². The lowest BCUT2D eigenvalue weighted by Gasteiger charge is -2.34. The van der Waals surface area contributed by atoms with Crippen LogP contribution in [0.3, 0.4) is 0 Å². The summed E-state index contributed by atoms with van der Waals surface area (Å²) in [5.74, 6) is 1.11. The number of amides is 1. The topological polar surface area (TPSA) is 44.8 Å². The van der Waals surface area contributed by atoms with Gasteiger partial charge in [-0.25, -0.2) is 0 Å². The van der Waals surface area contributed by atoms with Crippen molar-refractivity contribution in [2.75, 3.05) is 45.9 Å². The summed E-state index contributed by atoms with van der Waals surface area (Å²) < 4.78 is 5.73. The quantitative estimate of drug-likeness (QED) is 0.815. The van der Waals surface area contributed by atoms with Gasteiger partial charge in [-0.05, 0) is 25.0 Å². The smallest absolute Gasteiger partial charge is 0.234 e. The molecule has 1 saturated carbocycles. The normalized spacial score (nSPS) is 19.8. The van der Waals surface area contributed by atoms with Crippen LogP contribution < -0.4 is 10.1 Å². The van der Waals surface area contributed by atoms with Crippen LogP contribution in [-0.2, 0) is 4.79 Å². The lowest BCUT2D eigenvalue weighted by atomic mass is 10.3. The number of piperazine rings is 1. The number of rotatable bonds is 7. The average Bonchev–Trinajstić information content (AvgIpc) is 3.34. The zero-order chi connectivity index (χ0) is 15.2. The first kappa shape index (κ1) is 15.3. The molecule has 22 heavy (non-hydrogen) atoms. The van der Waals surface area contributed by atoms with Crippen LogP contribution in [0.5, 0.6) is 5.75 Å². The molecule has 1 aliphatic heterocycles. The van der Waals surface area contributed by atoms with Crippen molar-refractivity contribution < 1.29 is 9.53 Å². The highest BCUT2D eigenvalue weighted by Gasteiger charge is 2.25. The van der Waals surface area contributed by atoms with Crippen molar-refractivity contribution in [2.24, 2.45) is 0 Å². The van der Waals surface area contributed by atoms with Crippen molar-refractivity contribution in [3.05, 3.63) is 30.3 Å². The minimum atomic E-state index is 0.184. The van der Waals surface area contributed by atoms with Gasteiger partial charge in [0.15, 0.2) is 0 Å². The maximum Gasteiger partial charge on any atom is 0.234 e. The van der Waals surface area contributed by atoms with Crippen LogP contribution in [0, 0.1) is 0 Å². The molecule has 0 atom stereocenters. The minimum Gasteiger partial charge on any atom is -0.492 e. The van der Waals surface area contributed by atoms with E-state index in [9.17, 15) is 4.79 Å². The summed E-state index contributed by atoms with van der Waals surface area (Å²) >= 11 is 0. The molecule has 1 saturated heterocycles. The van der Waals surface area contributed by atoms with Gasteiger partial charge < -0.3 is 10.1 Å². The van der Waals surface area contributed by atoms with Crippen LogP contribution >= 0.6 is 0 Å². The van der Waals surface area contributed by atoms with Crippen LogP contribution in [-0.4, -0.2) is 67.6 Å². The number of para-hydroxylation sites is 1. The number of nitrogens with one attached hydrogen (secondary N) is 1. The second kappa shape index (κ2) is 7.61. The number of hydrogen-bond donors (Lipinski definition) is 1. The SMILES string of the molecule is O=C(CN1CCN(CCOc2ccccc2)CC1)NC1CC1. The lowest BCUT2D eigenvalue weighted by Crippen LogP contribution is -2.50. The molecule has 3 rings (SSSR count). The van der Waals surface area contributed by atoms with Crippen LogP contribution in [0.1, 0.15) is 12.8 Å². The van der Waals surface area contributed by atoms with Gasteiger partial charge in [0.1, 0.15) is 12.4 Å². The summed E-state index contributed by atoms with van der Waals surface area (Å²) in [6.07, 6.45) is 2.31. The van der Waals surface area contributed by atoms with Gasteiger partial charge in [-0.15, -0.1) is 0 Å². The van der Waals surface area contributed by atoms with E-state index < -0.39 is 0 Å². The number of hydrogen-bond acceptors (Lipinski definition) is 4. The first-order valence-electron chi connectivity index (χ1n) is 8.21. The predicted molar refractivity (Wildman–Crippen MR) is 86.0 cm³/mol. The molecule has 2 aliphatic rings. The third-order valence-electron chi connectivity index (χ3n) is 4.19. The molecule has 0 unspecified atom stereocenters. The molecular formula is C17H25N3O2. The van der Waals surface area contributed by atoms with Gasteiger partial charge in [-0.3, -0.25) is 14.6 Å². The van der Waals surface area contributed by atoms with E-state index >= 15 is 0 Å². The minimum absolute atomic E-state index is 0.184. The Hall–Kier alpha value is -1.59. The lowest BCUT2D eigenvalue weighted by molar-refractivity contribution is -0.122. The highest BCUT2D eigenvalue weighted by molar-refractivity contribution is 5.78. The second-order valence-electron chi connectivity index (χ2n) is 6.12. The highest BCUT2D eigenvalue weighted by atomic mass is 16.5. The number of benzene rings is 1. The monoisotopic (exact) mass is 303 g/mol. The van der Waals surface area contributed by atoms with Crippen LogP contribution in [0.2, 0.25) is 0 Å². The Morgan fingerprint density at radius 3 is 2.45 bits per heavy atom. The fourth-order valence-corrected chi connectivity index (χ4v) is 2.68. The average molecular weight is 303 g/mol. The molecule has 1 aromatic carbocycles. The zero-order valence-corrected chi connectivity index (χ0v) is 13.0. The van der Waals surface area contributed by atoms with Gasteiger partial charge in [-0.2, -0.15) is 0 Å². The maximum atomic E-state index is 11.8. The van der Waals surface area contributed by atoms with Crippen molar-refractivity contribution in [1.29, 1.82) is 0 Å². The van der Waals surface area contributed by atoms with Crippen LogP contribution in [0.4, 0.5) is 0 Å². The van der Waals surface area contributed by atoms with E-state index in [1.807, 2.05) is 30.3 Å². The first-order valence-corrected chi connectivity index (χ1v) is 8.21. The fourth-order valence-electron chi connectivity index (χ4n) is 2.68. The predicted octanol–water partition coefficient (Wildman–Crippen LogP) is 0.962. The largest absolute Gasteiger partial charge is 0.492 e. The van der Waals surface area contributed by atoms with Crippen molar-refractivity contribution in [3.63, 3.8) is 0 Å². The van der Waals surface area contributed by atoms with Crippen molar-refractivity contribution in [1.82, 2.24) is 15.1 Å². The standard InChI is InChI=1S/C17H25N3O2/c21-17(18-15-6-7-15)14-20-10-8-19(9-11-20)12-13-22-16-4-2-1-3-5-16/h1-5,15H,6-14H2,(H,18,21). The molecule has 120 valence electrons. The Labute approximate surface area is 132 Å². The van der Waals surface area contributed by atoms with E-state index in [1.165, 1.54) is 0 Å². The summed E-state index contributed by atoms with van der Waals surface area (Å²) in [7, 11) is 0. The van der Waals surface area contributed by atoms with Gasteiger partial charge in [0.2, 0.25) is 5.91 Å². The number of ether oxygens (including phenoxy) is 1. The Kier molecular flexibility index (Phi) is 5.29. The van der Waals surface area contributed by atoms with Crippen LogP contribution in [0.15, 0.2) is 30.3 Å². The molecule has 1 aromatic rings. The Morgan fingerprint density at radius 2 is 1.77 bits per heavy atom. The van der Waals surface area contributed by atoms with E-state index in [4.69, 9.17) is 4.74 Å². The molecule has 0 radical (unpaired) electrons. The molecule has 1 N–H and O–H groups in total. The van der Waals surface area contributed by atoms with Gasteiger partial charge in [0, 0.05) is 38.8 Å². The number of nitrogens with zero attached hydrogens (tertiary/aromatic N) is 2. The zero-order valence-electron chi connectivity index (χ0n) is 13.0. The van der Waals surface area contributed by atoms with E-state index in [0.717, 1.165) is 51.3 Å². The Bertz CT molecular complexity index is 468. The molecule has 5 nitrogen and oxygen atoms in total. The van der Waals surface area contributed by atoms with Gasteiger partial charge in [0.25, 0.3) is 0 Å². The van der Waals surface area contributed by atoms with Crippen molar-refractivity contribution >= 4 is 5.91 Å². The summed E-state index contributed by atoms with van der Waals surface area (Å²) in [6.45, 7) is 6.14. The summed E-state index contributed by atoms with van der Waals surface area (Å²) in [5, 5.41) is 3.05. The Balaban J connectivity index is 1.29. The third-order valence-corrected chi connectivity index (χ3v) is 4.19. The van der Waals surface area contributed by atoms with E-state index in [-0.39, 0.29) is 5.91 Å². The molecule has 0 bridgehead atoms. The van der Waals surface area contributed by atoms with E-state index in [1.54, 1.807) is 0 Å². The summed E-state index contributed by atoms with van der Waals surface area (Å²) in [5.41, 5.74) is 0. The Morgan fingerprint density at radius 1 is 1.09 bits per heavy atom. The molecule has 0 aromatic heterocycles. The van der Waals surface area contributed by atoms with Crippen molar-refractivity contribution in [2.45, 2.75) is 18.9 Å². The second-order valence-corrected chi connectivity index (χ2v) is 6.12. The molecule has 2 fully saturated rings. The first-order chi connectivity index (χ1) is 10.8. The molecular weight excluding hydrogens is 278 g/mol. The summed E-state index contributed by atoms with van der Waals surface area (Å²) in [4.78, 5) is 16.4.